The number of methoxy groups -OCH3 is 1. The molecule has 0 saturated carbocycles. The van der Waals surface area contributed by atoms with Crippen LogP contribution in [0.15, 0.2) is 42.5 Å². The average molecular weight is 286 g/mol. The lowest BCUT2D eigenvalue weighted by molar-refractivity contribution is -0.118. The fourth-order valence-electron chi connectivity index (χ4n) is 1.87. The molecule has 0 bridgehead atoms. The first-order chi connectivity index (χ1) is 10.1. The highest BCUT2D eigenvalue weighted by Gasteiger charge is 2.09. The summed E-state index contributed by atoms with van der Waals surface area (Å²) in [7, 11) is 1.53. The summed E-state index contributed by atoms with van der Waals surface area (Å²) in [5.74, 6) is 0.961. The Morgan fingerprint density at radius 2 is 1.95 bits per heavy atom. The lowest BCUT2D eigenvalue weighted by Gasteiger charge is -2.12. The Bertz CT molecular complexity index is 641. The van der Waals surface area contributed by atoms with Gasteiger partial charge in [-0.1, -0.05) is 18.2 Å². The molecule has 0 spiro atoms. The van der Waals surface area contributed by atoms with Crippen LogP contribution in [0.3, 0.4) is 0 Å². The van der Waals surface area contributed by atoms with Crippen molar-refractivity contribution >= 4 is 17.3 Å². The van der Waals surface area contributed by atoms with Gasteiger partial charge >= 0.3 is 0 Å². The summed E-state index contributed by atoms with van der Waals surface area (Å²) in [4.78, 5) is 11.9. The van der Waals surface area contributed by atoms with Gasteiger partial charge in [0.2, 0.25) is 0 Å². The minimum atomic E-state index is -0.276. The molecule has 0 radical (unpaired) electrons. The molecule has 0 saturated heterocycles. The van der Waals surface area contributed by atoms with Crippen molar-refractivity contribution in [3.8, 4) is 11.5 Å². The standard InChI is InChI=1S/C16H18N2O3/c1-11-5-3-4-6-14(11)21-10-16(19)18-13-9-12(17)7-8-15(13)20-2/h3-9H,10,17H2,1-2H3,(H,18,19). The Labute approximate surface area is 123 Å². The van der Waals surface area contributed by atoms with Gasteiger partial charge in [0.05, 0.1) is 12.8 Å². The van der Waals surface area contributed by atoms with E-state index < -0.39 is 0 Å². The minimum absolute atomic E-state index is 0.0805. The van der Waals surface area contributed by atoms with Crippen LogP contribution in [0.1, 0.15) is 5.56 Å². The van der Waals surface area contributed by atoms with Gasteiger partial charge in [-0.15, -0.1) is 0 Å². The van der Waals surface area contributed by atoms with E-state index in [0.29, 0.717) is 22.9 Å². The van der Waals surface area contributed by atoms with Gasteiger partial charge in [-0.05, 0) is 36.8 Å². The van der Waals surface area contributed by atoms with E-state index >= 15 is 0 Å². The number of nitrogens with one attached hydrogen (secondary N) is 1. The van der Waals surface area contributed by atoms with Crippen LogP contribution in [0, 0.1) is 6.92 Å². The van der Waals surface area contributed by atoms with Crippen molar-refractivity contribution in [2.45, 2.75) is 6.92 Å². The number of ether oxygens (including phenoxy) is 2. The molecule has 0 heterocycles. The quantitative estimate of drug-likeness (QED) is 0.829. The number of benzene rings is 2. The third-order valence-corrected chi connectivity index (χ3v) is 2.95. The molecule has 0 atom stereocenters. The Kier molecular flexibility index (Phi) is 4.66. The van der Waals surface area contributed by atoms with Gasteiger partial charge < -0.3 is 20.5 Å². The summed E-state index contributed by atoms with van der Waals surface area (Å²) in [5.41, 5.74) is 7.75. The SMILES string of the molecule is COc1ccc(N)cc1NC(=O)COc1ccccc1C. The summed E-state index contributed by atoms with van der Waals surface area (Å²) in [6.07, 6.45) is 0. The summed E-state index contributed by atoms with van der Waals surface area (Å²) < 4.78 is 10.7. The number of aryl methyl sites for hydroxylation is 1. The van der Waals surface area contributed by atoms with Crippen molar-refractivity contribution in [1.29, 1.82) is 0 Å². The molecule has 0 fully saturated rings. The molecule has 0 unspecified atom stereocenters. The number of amides is 1. The van der Waals surface area contributed by atoms with Gasteiger partial charge in [0.25, 0.3) is 5.91 Å². The fraction of sp³-hybridized carbons (Fsp3) is 0.188. The largest absolute Gasteiger partial charge is 0.495 e. The van der Waals surface area contributed by atoms with Crippen molar-refractivity contribution in [3.63, 3.8) is 0 Å². The van der Waals surface area contributed by atoms with Crippen molar-refractivity contribution in [1.82, 2.24) is 0 Å². The molecular weight excluding hydrogens is 268 g/mol. The maximum Gasteiger partial charge on any atom is 0.262 e. The summed E-state index contributed by atoms with van der Waals surface area (Å²) >= 11 is 0. The number of carbonyl (C=O) groups is 1. The van der Waals surface area contributed by atoms with E-state index in [1.54, 1.807) is 18.2 Å². The van der Waals surface area contributed by atoms with Crippen LogP contribution in [0.25, 0.3) is 0 Å². The monoisotopic (exact) mass is 286 g/mol. The van der Waals surface area contributed by atoms with Gasteiger partial charge in [0, 0.05) is 5.69 Å². The molecule has 0 aliphatic rings. The zero-order valence-corrected chi connectivity index (χ0v) is 12.1. The normalized spacial score (nSPS) is 10.0. The number of para-hydroxylation sites is 1. The smallest absolute Gasteiger partial charge is 0.262 e. The Balaban J connectivity index is 1.99. The summed E-state index contributed by atoms with van der Waals surface area (Å²) in [6.45, 7) is 1.84. The van der Waals surface area contributed by atoms with E-state index in [0.717, 1.165) is 5.56 Å². The first-order valence-corrected chi connectivity index (χ1v) is 6.52. The highest BCUT2D eigenvalue weighted by atomic mass is 16.5. The third kappa shape index (κ3) is 3.89. The van der Waals surface area contributed by atoms with E-state index in [1.165, 1.54) is 7.11 Å². The fourth-order valence-corrected chi connectivity index (χ4v) is 1.87. The van der Waals surface area contributed by atoms with Gasteiger partial charge in [0.15, 0.2) is 6.61 Å². The maximum atomic E-state index is 11.9. The van der Waals surface area contributed by atoms with Crippen LogP contribution in [0.2, 0.25) is 0 Å². The Morgan fingerprint density at radius 3 is 2.67 bits per heavy atom. The zero-order valence-electron chi connectivity index (χ0n) is 12.1. The van der Waals surface area contributed by atoms with Crippen LogP contribution in [0.4, 0.5) is 11.4 Å². The predicted octanol–water partition coefficient (Wildman–Crippen LogP) is 2.60. The molecule has 2 aromatic carbocycles. The molecule has 0 aliphatic heterocycles. The molecule has 110 valence electrons. The number of carbonyl (C=O) groups excluding carboxylic acids is 1. The Morgan fingerprint density at radius 1 is 1.19 bits per heavy atom. The van der Waals surface area contributed by atoms with Crippen molar-refractivity contribution in [3.05, 3.63) is 48.0 Å². The molecule has 1 amide bonds. The lowest BCUT2D eigenvalue weighted by atomic mass is 10.2. The van der Waals surface area contributed by atoms with E-state index in [1.807, 2.05) is 31.2 Å². The van der Waals surface area contributed by atoms with Crippen LogP contribution in [-0.2, 0) is 4.79 Å². The molecular formula is C16H18N2O3. The molecule has 0 aromatic heterocycles. The molecule has 21 heavy (non-hydrogen) atoms. The molecule has 3 N–H and O–H groups in total. The van der Waals surface area contributed by atoms with Crippen molar-refractivity contribution < 1.29 is 14.3 Å². The number of hydrogen-bond donors (Lipinski definition) is 2. The number of anilines is 2. The molecule has 5 heteroatoms. The maximum absolute atomic E-state index is 11.9. The van der Waals surface area contributed by atoms with E-state index in [9.17, 15) is 4.79 Å². The first-order valence-electron chi connectivity index (χ1n) is 6.52. The second kappa shape index (κ2) is 6.65. The molecule has 5 nitrogen and oxygen atoms in total. The molecule has 2 rings (SSSR count). The van der Waals surface area contributed by atoms with Crippen LogP contribution < -0.4 is 20.5 Å². The second-order valence-electron chi connectivity index (χ2n) is 4.56. The number of rotatable bonds is 5. The number of hydrogen-bond acceptors (Lipinski definition) is 4. The first kappa shape index (κ1) is 14.7. The van der Waals surface area contributed by atoms with E-state index in [-0.39, 0.29) is 12.5 Å². The highest BCUT2D eigenvalue weighted by Crippen LogP contribution is 2.26. The van der Waals surface area contributed by atoms with Gasteiger partial charge in [-0.3, -0.25) is 4.79 Å². The summed E-state index contributed by atoms with van der Waals surface area (Å²) in [6, 6.07) is 12.6. The summed E-state index contributed by atoms with van der Waals surface area (Å²) in [5, 5.41) is 2.72. The molecule has 2 aromatic rings. The number of nitrogens with two attached hydrogens (primary N) is 1. The van der Waals surface area contributed by atoms with Crippen molar-refractivity contribution in [2.24, 2.45) is 0 Å². The van der Waals surface area contributed by atoms with E-state index in [4.69, 9.17) is 15.2 Å². The molecule has 0 aliphatic carbocycles. The van der Waals surface area contributed by atoms with Gasteiger partial charge in [-0.2, -0.15) is 0 Å². The minimum Gasteiger partial charge on any atom is -0.495 e. The van der Waals surface area contributed by atoms with Crippen LogP contribution >= 0.6 is 0 Å². The third-order valence-electron chi connectivity index (χ3n) is 2.95. The van der Waals surface area contributed by atoms with Crippen LogP contribution in [-0.4, -0.2) is 19.6 Å². The van der Waals surface area contributed by atoms with Gasteiger partial charge in [0.1, 0.15) is 11.5 Å². The van der Waals surface area contributed by atoms with Gasteiger partial charge in [-0.25, -0.2) is 0 Å². The zero-order chi connectivity index (χ0) is 15.2. The second-order valence-corrected chi connectivity index (χ2v) is 4.56. The average Bonchev–Trinajstić information content (AvgIpc) is 2.47. The highest BCUT2D eigenvalue weighted by molar-refractivity contribution is 5.93. The lowest BCUT2D eigenvalue weighted by Crippen LogP contribution is -2.20. The predicted molar refractivity (Wildman–Crippen MR) is 82.7 cm³/mol. The number of nitrogen functional groups attached to an aromatic ring is 1. The Hall–Kier alpha value is -2.69. The topological polar surface area (TPSA) is 73.6 Å². The van der Waals surface area contributed by atoms with E-state index in [2.05, 4.69) is 5.32 Å². The van der Waals surface area contributed by atoms with Crippen molar-refractivity contribution in [2.75, 3.05) is 24.8 Å². The van der Waals surface area contributed by atoms with Crippen LogP contribution in [0.5, 0.6) is 11.5 Å².